The third-order valence-electron chi connectivity index (χ3n) is 7.71. The van der Waals surface area contributed by atoms with E-state index in [9.17, 15) is 24.3 Å². The van der Waals surface area contributed by atoms with Crippen LogP contribution in [0.15, 0.2) is 60.8 Å². The summed E-state index contributed by atoms with van der Waals surface area (Å²) in [7, 11) is 1.48. The number of hydrogen-bond acceptors (Lipinski definition) is 5. The van der Waals surface area contributed by atoms with Crippen LogP contribution in [0.3, 0.4) is 0 Å². The molecule has 2 heterocycles. The van der Waals surface area contributed by atoms with Gasteiger partial charge in [-0.2, -0.15) is 0 Å². The maximum absolute atomic E-state index is 13.2. The predicted molar refractivity (Wildman–Crippen MR) is 157 cm³/mol. The van der Waals surface area contributed by atoms with Gasteiger partial charge in [-0.25, -0.2) is 14.6 Å². The summed E-state index contributed by atoms with van der Waals surface area (Å²) < 4.78 is 0. The van der Waals surface area contributed by atoms with Crippen molar-refractivity contribution in [2.24, 2.45) is 0 Å². The predicted octanol–water partition coefficient (Wildman–Crippen LogP) is 3.74. The van der Waals surface area contributed by atoms with E-state index in [0.29, 0.717) is 24.3 Å². The van der Waals surface area contributed by atoms with E-state index in [1.54, 1.807) is 6.20 Å². The Kier molecular flexibility index (Phi) is 7.84. The fraction of sp³-hybridized carbons (Fsp3) is 0.323. The molecule has 2 aromatic carbocycles. The van der Waals surface area contributed by atoms with Crippen LogP contribution >= 0.6 is 0 Å². The van der Waals surface area contributed by atoms with E-state index in [-0.39, 0.29) is 37.5 Å². The lowest BCUT2D eigenvalue weighted by atomic mass is 9.79. The summed E-state index contributed by atoms with van der Waals surface area (Å²) in [6.07, 6.45) is 1.65. The van der Waals surface area contributed by atoms with Gasteiger partial charge in [0.2, 0.25) is 11.8 Å². The summed E-state index contributed by atoms with van der Waals surface area (Å²) in [5.41, 5.74) is 4.26. The van der Waals surface area contributed by atoms with Crippen molar-refractivity contribution in [3.63, 3.8) is 0 Å². The van der Waals surface area contributed by atoms with Crippen LogP contribution in [-0.4, -0.2) is 63.5 Å². The smallest absolute Gasteiger partial charge is 0.407 e. The molecule has 0 bridgehead atoms. The number of nitrogens with one attached hydrogen (secondary N) is 3. The number of nitrogens with zero attached hydrogens (tertiary/aromatic N) is 3. The van der Waals surface area contributed by atoms with Gasteiger partial charge in [0.25, 0.3) is 0 Å². The third kappa shape index (κ3) is 5.76. The van der Waals surface area contributed by atoms with E-state index in [0.717, 1.165) is 32.7 Å². The number of carbonyl (C=O) groups excluding carboxylic acids is 3. The lowest BCUT2D eigenvalue weighted by molar-refractivity contribution is -0.120. The Labute approximate surface area is 243 Å². The maximum Gasteiger partial charge on any atom is 0.407 e. The highest BCUT2D eigenvalue weighted by Gasteiger charge is 2.51. The van der Waals surface area contributed by atoms with Gasteiger partial charge < -0.3 is 30.9 Å². The van der Waals surface area contributed by atoms with E-state index in [1.165, 1.54) is 11.9 Å². The summed E-state index contributed by atoms with van der Waals surface area (Å²) in [4.78, 5) is 57.6. The topological polar surface area (TPSA) is 144 Å². The molecule has 0 fully saturated rings. The van der Waals surface area contributed by atoms with Crippen molar-refractivity contribution in [2.45, 2.75) is 51.2 Å². The standard InChI is InChI=1S/C31H34N6O5/c1-19(2)33-29(40)37(17-22-8-5-4-7-21(22)16-36(3)30(41)42)18-26(38)34-24-11-10-20-14-31(15-23(20)13-24)25-9-6-12-32-27(25)35-28(31)39/h4-13,19H,14-18H2,1-3H3,(H,33,40)(H,34,38)(H,41,42)(H,32,35,39). The molecule has 1 unspecified atom stereocenters. The van der Waals surface area contributed by atoms with Crippen molar-refractivity contribution in [2.75, 3.05) is 24.2 Å². The molecule has 1 atom stereocenters. The molecule has 0 radical (unpaired) electrons. The lowest BCUT2D eigenvalue weighted by Crippen LogP contribution is -2.46. The first-order chi connectivity index (χ1) is 20.1. The molecule has 218 valence electrons. The summed E-state index contributed by atoms with van der Waals surface area (Å²) in [6.45, 7) is 3.71. The molecule has 0 saturated heterocycles. The van der Waals surface area contributed by atoms with Crippen LogP contribution < -0.4 is 16.0 Å². The van der Waals surface area contributed by atoms with E-state index in [2.05, 4.69) is 20.9 Å². The van der Waals surface area contributed by atoms with Gasteiger partial charge >= 0.3 is 12.1 Å². The highest BCUT2D eigenvalue weighted by atomic mass is 16.4. The second-order valence-electron chi connectivity index (χ2n) is 11.2. The Bertz CT molecular complexity index is 1560. The highest BCUT2D eigenvalue weighted by molar-refractivity contribution is 6.06. The number of anilines is 2. The molecule has 5 amide bonds. The number of urea groups is 1. The molecule has 5 rings (SSSR count). The zero-order valence-corrected chi connectivity index (χ0v) is 23.8. The van der Waals surface area contributed by atoms with Crippen LogP contribution in [-0.2, 0) is 40.9 Å². The van der Waals surface area contributed by atoms with E-state index < -0.39 is 17.5 Å². The van der Waals surface area contributed by atoms with Crippen molar-refractivity contribution in [1.82, 2.24) is 20.1 Å². The van der Waals surface area contributed by atoms with Crippen LogP contribution in [0.2, 0.25) is 0 Å². The van der Waals surface area contributed by atoms with Gasteiger partial charge in [0, 0.05) is 43.6 Å². The molecule has 0 saturated carbocycles. The summed E-state index contributed by atoms with van der Waals surface area (Å²) in [5.74, 6) is 0.147. The number of fused-ring (bicyclic) bond motifs is 3. The first-order valence-corrected chi connectivity index (χ1v) is 13.8. The minimum Gasteiger partial charge on any atom is -0.465 e. The monoisotopic (exact) mass is 570 g/mol. The summed E-state index contributed by atoms with van der Waals surface area (Å²) in [5, 5.41) is 18.0. The fourth-order valence-electron chi connectivity index (χ4n) is 5.65. The second kappa shape index (κ2) is 11.5. The Morgan fingerprint density at radius 1 is 1.02 bits per heavy atom. The minimum absolute atomic E-state index is 0.0698. The average Bonchev–Trinajstić information content (AvgIpc) is 3.45. The van der Waals surface area contributed by atoms with Gasteiger partial charge in [-0.1, -0.05) is 36.4 Å². The minimum atomic E-state index is -1.06. The summed E-state index contributed by atoms with van der Waals surface area (Å²) >= 11 is 0. The Morgan fingerprint density at radius 3 is 2.45 bits per heavy atom. The number of aromatic nitrogens is 1. The van der Waals surface area contributed by atoms with Gasteiger partial charge in [0.1, 0.15) is 12.4 Å². The quantitative estimate of drug-likeness (QED) is 0.325. The van der Waals surface area contributed by atoms with E-state index >= 15 is 0 Å². The molecule has 1 aliphatic heterocycles. The van der Waals surface area contributed by atoms with Crippen LogP contribution in [0.4, 0.5) is 21.1 Å². The maximum atomic E-state index is 13.2. The number of carbonyl (C=O) groups is 4. The van der Waals surface area contributed by atoms with Gasteiger partial charge in [0.15, 0.2) is 0 Å². The number of amides is 5. The SMILES string of the molecule is CC(C)NC(=O)N(CC(=O)Nc1ccc2c(c1)CC1(C2)C(=O)Nc2ncccc21)Cc1ccccc1CN(C)C(=O)O. The molecule has 3 aromatic rings. The molecule has 11 heteroatoms. The van der Waals surface area contributed by atoms with E-state index in [4.69, 9.17) is 0 Å². The van der Waals surface area contributed by atoms with Gasteiger partial charge in [-0.15, -0.1) is 0 Å². The Morgan fingerprint density at radius 2 is 1.74 bits per heavy atom. The zero-order valence-electron chi connectivity index (χ0n) is 23.8. The van der Waals surface area contributed by atoms with Crippen LogP contribution in [0.25, 0.3) is 0 Å². The van der Waals surface area contributed by atoms with Crippen molar-refractivity contribution < 1.29 is 24.3 Å². The van der Waals surface area contributed by atoms with Crippen LogP contribution in [0, 0.1) is 0 Å². The van der Waals surface area contributed by atoms with E-state index in [1.807, 2.05) is 68.4 Å². The number of pyridine rings is 1. The first-order valence-electron chi connectivity index (χ1n) is 13.8. The highest BCUT2D eigenvalue weighted by Crippen LogP contribution is 2.46. The third-order valence-corrected chi connectivity index (χ3v) is 7.71. The van der Waals surface area contributed by atoms with Gasteiger partial charge in [-0.05, 0) is 67.1 Å². The van der Waals surface area contributed by atoms with Crippen molar-refractivity contribution in [1.29, 1.82) is 0 Å². The number of benzene rings is 2. The molecule has 1 spiro atoms. The molecule has 4 N–H and O–H groups in total. The lowest BCUT2D eigenvalue weighted by Gasteiger charge is -2.26. The molecular formula is C31H34N6O5. The van der Waals surface area contributed by atoms with Crippen LogP contribution in [0.1, 0.15) is 41.7 Å². The summed E-state index contributed by atoms with van der Waals surface area (Å²) in [6, 6.07) is 16.1. The normalized spacial score (nSPS) is 16.5. The first kappa shape index (κ1) is 28.6. The van der Waals surface area contributed by atoms with Crippen molar-refractivity contribution in [3.05, 3.63) is 88.6 Å². The molecule has 42 heavy (non-hydrogen) atoms. The second-order valence-corrected chi connectivity index (χ2v) is 11.2. The van der Waals surface area contributed by atoms with Gasteiger partial charge in [0.05, 0.1) is 5.41 Å². The van der Waals surface area contributed by atoms with Gasteiger partial charge in [-0.3, -0.25) is 9.59 Å². The molecule has 2 aliphatic rings. The van der Waals surface area contributed by atoms with Crippen LogP contribution in [0.5, 0.6) is 0 Å². The fourth-order valence-corrected chi connectivity index (χ4v) is 5.65. The largest absolute Gasteiger partial charge is 0.465 e. The molecular weight excluding hydrogens is 536 g/mol. The molecule has 1 aliphatic carbocycles. The molecule has 11 nitrogen and oxygen atoms in total. The average molecular weight is 571 g/mol. The molecule has 1 aromatic heterocycles. The number of carboxylic acid groups (broad SMARTS) is 1. The zero-order chi connectivity index (χ0) is 30.0. The number of hydrogen-bond donors (Lipinski definition) is 4. The number of rotatable bonds is 8. The van der Waals surface area contributed by atoms with Crippen molar-refractivity contribution in [3.8, 4) is 0 Å². The Hall–Kier alpha value is -4.93. The Balaban J connectivity index is 1.31. The van der Waals surface area contributed by atoms with Crippen molar-refractivity contribution >= 4 is 35.4 Å².